The Morgan fingerprint density at radius 3 is 2.73 bits per heavy atom. The minimum absolute atomic E-state index is 0.0797. The van der Waals surface area contributed by atoms with E-state index in [4.69, 9.17) is 0 Å². The normalized spacial score (nSPS) is 11.8. The maximum absolute atomic E-state index is 13.0. The number of fused-ring (bicyclic) bond motifs is 3. The largest absolute Gasteiger partial charge is 0.352 e. The second kappa shape index (κ2) is 6.25. The number of thiophene rings is 1. The fourth-order valence-electron chi connectivity index (χ4n) is 3.25. The van der Waals surface area contributed by atoms with Gasteiger partial charge in [0.25, 0.3) is 5.56 Å². The van der Waals surface area contributed by atoms with Crippen LogP contribution in [0.25, 0.3) is 16.0 Å². The van der Waals surface area contributed by atoms with Crippen LogP contribution in [0, 0.1) is 12.8 Å². The van der Waals surface area contributed by atoms with Gasteiger partial charge in [-0.3, -0.25) is 9.36 Å². The van der Waals surface area contributed by atoms with E-state index in [0.29, 0.717) is 29.1 Å². The number of benzene rings is 1. The van der Waals surface area contributed by atoms with Crippen LogP contribution in [-0.4, -0.2) is 18.7 Å². The zero-order chi connectivity index (χ0) is 18.4. The summed E-state index contributed by atoms with van der Waals surface area (Å²) in [6.07, 6.45) is 0. The molecular formula is C19H20N4O2S. The molecule has 3 heterocycles. The molecule has 7 heteroatoms. The molecule has 0 N–H and O–H groups in total. The van der Waals surface area contributed by atoms with Crippen LogP contribution in [-0.2, 0) is 13.1 Å². The summed E-state index contributed by atoms with van der Waals surface area (Å²) in [6.45, 7) is 7.01. The minimum atomic E-state index is -0.220. The quantitative estimate of drug-likeness (QED) is 0.556. The van der Waals surface area contributed by atoms with Crippen LogP contribution in [0.1, 0.15) is 25.0 Å². The van der Waals surface area contributed by atoms with Gasteiger partial charge in [-0.05, 0) is 29.9 Å². The van der Waals surface area contributed by atoms with Gasteiger partial charge in [0.05, 0.1) is 12.1 Å². The summed E-state index contributed by atoms with van der Waals surface area (Å²) >= 11 is 1.36. The Bertz CT molecular complexity index is 1230. The lowest BCUT2D eigenvalue weighted by molar-refractivity contribution is 0.516. The number of rotatable bonds is 4. The zero-order valence-corrected chi connectivity index (χ0v) is 15.8. The molecule has 0 amide bonds. The van der Waals surface area contributed by atoms with Gasteiger partial charge in [-0.2, -0.15) is 0 Å². The van der Waals surface area contributed by atoms with E-state index in [9.17, 15) is 9.59 Å². The minimum Gasteiger partial charge on any atom is -0.275 e. The molecule has 134 valence electrons. The molecule has 0 fully saturated rings. The lowest BCUT2D eigenvalue weighted by Gasteiger charge is -2.09. The molecule has 0 spiro atoms. The van der Waals surface area contributed by atoms with E-state index in [1.165, 1.54) is 16.0 Å². The summed E-state index contributed by atoms with van der Waals surface area (Å²) in [5.74, 6) is 0.679. The first-order chi connectivity index (χ1) is 12.5. The molecule has 0 aliphatic carbocycles. The van der Waals surface area contributed by atoms with Crippen molar-refractivity contribution < 1.29 is 0 Å². The standard InChI is InChI=1S/C19H20N4O2S/c1-12(2)10-21-17(24)16-15(7-8-26-16)23-18(21)20-22(19(23)25)11-14-6-4-5-13(3)9-14/h4-9,12H,10-11H2,1-3H3. The van der Waals surface area contributed by atoms with E-state index in [2.05, 4.69) is 5.10 Å². The summed E-state index contributed by atoms with van der Waals surface area (Å²) in [6, 6.07) is 9.82. The van der Waals surface area contributed by atoms with Gasteiger partial charge < -0.3 is 0 Å². The van der Waals surface area contributed by atoms with Crippen molar-refractivity contribution in [2.75, 3.05) is 0 Å². The van der Waals surface area contributed by atoms with Gasteiger partial charge in [0.15, 0.2) is 0 Å². The van der Waals surface area contributed by atoms with Crippen LogP contribution in [0.15, 0.2) is 45.3 Å². The molecule has 0 radical (unpaired) electrons. The van der Waals surface area contributed by atoms with Gasteiger partial charge in [0.2, 0.25) is 5.78 Å². The first-order valence-corrected chi connectivity index (χ1v) is 9.49. The molecule has 0 aliphatic rings. The van der Waals surface area contributed by atoms with Crippen molar-refractivity contribution in [1.29, 1.82) is 0 Å². The first kappa shape index (κ1) is 16.8. The number of nitrogens with zero attached hydrogens (tertiary/aromatic N) is 4. The molecule has 26 heavy (non-hydrogen) atoms. The number of aromatic nitrogens is 4. The summed E-state index contributed by atoms with van der Waals surface area (Å²) < 4.78 is 5.22. The topological polar surface area (TPSA) is 61.3 Å². The van der Waals surface area contributed by atoms with Crippen LogP contribution in [0.5, 0.6) is 0 Å². The van der Waals surface area contributed by atoms with Gasteiger partial charge in [0, 0.05) is 6.54 Å². The van der Waals surface area contributed by atoms with E-state index in [-0.39, 0.29) is 17.2 Å². The first-order valence-electron chi connectivity index (χ1n) is 8.61. The van der Waals surface area contributed by atoms with E-state index in [1.54, 1.807) is 8.97 Å². The Morgan fingerprint density at radius 1 is 1.19 bits per heavy atom. The Labute approximate surface area is 153 Å². The van der Waals surface area contributed by atoms with Crippen molar-refractivity contribution in [2.24, 2.45) is 5.92 Å². The van der Waals surface area contributed by atoms with Crippen LogP contribution < -0.4 is 11.2 Å². The van der Waals surface area contributed by atoms with Gasteiger partial charge >= 0.3 is 5.69 Å². The molecule has 0 atom stereocenters. The predicted molar refractivity (Wildman–Crippen MR) is 104 cm³/mol. The third-order valence-electron chi connectivity index (χ3n) is 4.35. The van der Waals surface area contributed by atoms with Gasteiger partial charge in [0.1, 0.15) is 4.70 Å². The van der Waals surface area contributed by atoms with Crippen LogP contribution >= 0.6 is 11.3 Å². The van der Waals surface area contributed by atoms with Gasteiger partial charge in [-0.15, -0.1) is 16.4 Å². The monoisotopic (exact) mass is 368 g/mol. The molecule has 1 aromatic carbocycles. The highest BCUT2D eigenvalue weighted by molar-refractivity contribution is 7.17. The maximum Gasteiger partial charge on any atom is 0.352 e. The molecule has 0 bridgehead atoms. The van der Waals surface area contributed by atoms with Crippen molar-refractivity contribution >= 4 is 27.3 Å². The fourth-order valence-corrected chi connectivity index (χ4v) is 4.07. The molecule has 0 aliphatic heterocycles. The van der Waals surface area contributed by atoms with E-state index >= 15 is 0 Å². The number of hydrogen-bond acceptors (Lipinski definition) is 4. The van der Waals surface area contributed by atoms with E-state index in [1.807, 2.05) is 56.5 Å². The highest BCUT2D eigenvalue weighted by atomic mass is 32.1. The van der Waals surface area contributed by atoms with E-state index < -0.39 is 0 Å². The second-order valence-electron chi connectivity index (χ2n) is 7.01. The fraction of sp³-hybridized carbons (Fsp3) is 0.316. The number of aryl methyl sites for hydroxylation is 1. The van der Waals surface area contributed by atoms with Gasteiger partial charge in [-0.25, -0.2) is 13.9 Å². The SMILES string of the molecule is Cc1cccc(Cn2nc3n(CC(C)C)c(=O)c4sccc4n3c2=O)c1. The molecule has 0 saturated heterocycles. The lowest BCUT2D eigenvalue weighted by atomic mass is 10.1. The Morgan fingerprint density at radius 2 is 2.00 bits per heavy atom. The summed E-state index contributed by atoms with van der Waals surface area (Å²) in [5.41, 5.74) is 2.48. The third-order valence-corrected chi connectivity index (χ3v) is 5.24. The Kier molecular flexibility index (Phi) is 4.03. The van der Waals surface area contributed by atoms with Crippen molar-refractivity contribution in [3.05, 3.63) is 67.7 Å². The van der Waals surface area contributed by atoms with Crippen LogP contribution in [0.3, 0.4) is 0 Å². The second-order valence-corrected chi connectivity index (χ2v) is 7.93. The average molecular weight is 368 g/mol. The molecule has 0 unspecified atom stereocenters. The lowest BCUT2D eigenvalue weighted by Crippen LogP contribution is -2.27. The van der Waals surface area contributed by atoms with Crippen LogP contribution in [0.2, 0.25) is 0 Å². The van der Waals surface area contributed by atoms with Crippen molar-refractivity contribution in [2.45, 2.75) is 33.9 Å². The van der Waals surface area contributed by atoms with Crippen LogP contribution in [0.4, 0.5) is 0 Å². The number of hydrogen-bond donors (Lipinski definition) is 0. The molecule has 0 saturated carbocycles. The highest BCUT2D eigenvalue weighted by Gasteiger charge is 2.18. The molecule has 6 nitrogen and oxygen atoms in total. The Balaban J connectivity index is 1.98. The molecular weight excluding hydrogens is 348 g/mol. The zero-order valence-electron chi connectivity index (χ0n) is 15.0. The smallest absolute Gasteiger partial charge is 0.275 e. The Hall–Kier alpha value is -2.67. The maximum atomic E-state index is 13.0. The molecule has 3 aromatic heterocycles. The van der Waals surface area contributed by atoms with Crippen molar-refractivity contribution in [3.63, 3.8) is 0 Å². The van der Waals surface area contributed by atoms with Crippen molar-refractivity contribution in [3.8, 4) is 0 Å². The van der Waals surface area contributed by atoms with Gasteiger partial charge in [-0.1, -0.05) is 43.7 Å². The third kappa shape index (κ3) is 2.68. The summed E-state index contributed by atoms with van der Waals surface area (Å²) in [4.78, 5) is 25.9. The molecule has 4 rings (SSSR count). The summed E-state index contributed by atoms with van der Waals surface area (Å²) in [5, 5.41) is 6.36. The predicted octanol–water partition coefficient (Wildman–Crippen LogP) is 2.89. The van der Waals surface area contributed by atoms with E-state index in [0.717, 1.165) is 11.1 Å². The highest BCUT2D eigenvalue weighted by Crippen LogP contribution is 2.18. The van der Waals surface area contributed by atoms with Crippen molar-refractivity contribution in [1.82, 2.24) is 18.7 Å². The summed E-state index contributed by atoms with van der Waals surface area (Å²) in [7, 11) is 0. The average Bonchev–Trinajstić information content (AvgIpc) is 3.17. The molecule has 4 aromatic rings.